The molecular weight excluding hydrogens is 466 g/mol. The first-order valence-electron chi connectivity index (χ1n) is 11.5. The molecule has 0 spiro atoms. The van der Waals surface area contributed by atoms with Crippen LogP contribution >= 0.6 is 11.8 Å². The number of carbonyl (C=O) groups excluding carboxylic acids is 2. The molecule has 2 aliphatic rings. The summed E-state index contributed by atoms with van der Waals surface area (Å²) in [6.45, 7) is 4.82. The van der Waals surface area contributed by atoms with Crippen LogP contribution in [0.2, 0.25) is 0 Å². The van der Waals surface area contributed by atoms with E-state index in [1.54, 1.807) is 24.3 Å². The first-order chi connectivity index (χ1) is 17.1. The summed E-state index contributed by atoms with van der Waals surface area (Å²) < 4.78 is 10.6. The number of amides is 2. The number of nitriles is 1. The fourth-order valence-corrected chi connectivity index (χ4v) is 4.49. The molecule has 0 atom stereocenters. The standard InChI is InChI=1S/C25H27N5O4S/c26-16-19-5-7-21(8-6-19)23-18-35-25(32)30(28-23)17-20-3-1-4-22(15-20)27-24(31)34-12-2-9-29-10-13-33-14-11-29/h1,3-8,15H,2,9-14,17-18H2,(H,27,31). The lowest BCUT2D eigenvalue weighted by atomic mass is 10.1. The van der Waals surface area contributed by atoms with Crippen LogP contribution < -0.4 is 5.32 Å². The lowest BCUT2D eigenvalue weighted by Gasteiger charge is -2.26. The average molecular weight is 494 g/mol. The summed E-state index contributed by atoms with van der Waals surface area (Å²) in [5, 5.41) is 17.6. The molecule has 2 amide bonds. The SMILES string of the molecule is N#Cc1ccc(C2=NN(Cc3cccc(NC(=O)OCCCN4CCOCC4)c3)C(=O)SC2)cc1. The Morgan fingerprint density at radius 1 is 1.20 bits per heavy atom. The van der Waals surface area contributed by atoms with Gasteiger partial charge in [0.1, 0.15) is 0 Å². The van der Waals surface area contributed by atoms with Crippen LogP contribution in [0.3, 0.4) is 0 Å². The Kier molecular flexibility index (Phi) is 8.73. The van der Waals surface area contributed by atoms with E-state index in [1.165, 1.54) is 16.8 Å². The van der Waals surface area contributed by atoms with Crippen molar-refractivity contribution in [3.63, 3.8) is 0 Å². The molecule has 182 valence electrons. The molecule has 1 N–H and O–H groups in total. The molecule has 2 aliphatic heterocycles. The summed E-state index contributed by atoms with van der Waals surface area (Å²) >= 11 is 1.19. The number of morpholine rings is 1. The van der Waals surface area contributed by atoms with Crippen LogP contribution in [0.4, 0.5) is 15.3 Å². The zero-order chi connectivity index (χ0) is 24.5. The third-order valence-electron chi connectivity index (χ3n) is 5.59. The molecule has 0 saturated carbocycles. The van der Waals surface area contributed by atoms with Crippen LogP contribution in [0, 0.1) is 11.3 Å². The maximum Gasteiger partial charge on any atom is 0.411 e. The van der Waals surface area contributed by atoms with E-state index in [2.05, 4.69) is 21.4 Å². The number of thioether (sulfide) groups is 1. The Morgan fingerprint density at radius 2 is 2.00 bits per heavy atom. The minimum Gasteiger partial charge on any atom is -0.449 e. The largest absolute Gasteiger partial charge is 0.449 e. The van der Waals surface area contributed by atoms with E-state index in [9.17, 15) is 9.59 Å². The zero-order valence-electron chi connectivity index (χ0n) is 19.3. The van der Waals surface area contributed by atoms with Crippen molar-refractivity contribution in [3.05, 3.63) is 65.2 Å². The number of hydrogen-bond donors (Lipinski definition) is 1. The molecule has 1 fully saturated rings. The van der Waals surface area contributed by atoms with Gasteiger partial charge in [0.15, 0.2) is 0 Å². The van der Waals surface area contributed by atoms with E-state index in [0.29, 0.717) is 23.6 Å². The smallest absolute Gasteiger partial charge is 0.411 e. The molecule has 2 aromatic rings. The van der Waals surface area contributed by atoms with E-state index >= 15 is 0 Å². The maximum absolute atomic E-state index is 12.4. The van der Waals surface area contributed by atoms with Gasteiger partial charge >= 0.3 is 11.3 Å². The fourth-order valence-electron chi connectivity index (χ4n) is 3.75. The monoisotopic (exact) mass is 493 g/mol. The van der Waals surface area contributed by atoms with Gasteiger partial charge in [0, 0.05) is 31.1 Å². The number of anilines is 1. The highest BCUT2D eigenvalue weighted by Crippen LogP contribution is 2.23. The molecule has 2 heterocycles. The van der Waals surface area contributed by atoms with Gasteiger partial charge in [0.25, 0.3) is 0 Å². The van der Waals surface area contributed by atoms with Crippen LogP contribution in [0.25, 0.3) is 0 Å². The van der Waals surface area contributed by atoms with Crippen LogP contribution in [0.1, 0.15) is 23.1 Å². The summed E-state index contributed by atoms with van der Waals surface area (Å²) in [6, 6.07) is 16.5. The normalized spacial score (nSPS) is 16.4. The van der Waals surface area contributed by atoms with Crippen LogP contribution in [-0.4, -0.2) is 72.2 Å². The third kappa shape index (κ3) is 7.29. The molecular formula is C25H27N5O4S. The van der Waals surface area contributed by atoms with Crippen LogP contribution in [0.5, 0.6) is 0 Å². The van der Waals surface area contributed by atoms with Gasteiger partial charge in [0.2, 0.25) is 0 Å². The van der Waals surface area contributed by atoms with Crippen molar-refractivity contribution in [2.45, 2.75) is 13.0 Å². The number of benzene rings is 2. The molecule has 0 aliphatic carbocycles. The summed E-state index contributed by atoms with van der Waals surface area (Å²) in [5.74, 6) is 0.472. The molecule has 9 nitrogen and oxygen atoms in total. The highest BCUT2D eigenvalue weighted by Gasteiger charge is 2.22. The summed E-state index contributed by atoms with van der Waals surface area (Å²) in [7, 11) is 0. The van der Waals surface area contributed by atoms with E-state index in [0.717, 1.165) is 56.1 Å². The lowest BCUT2D eigenvalue weighted by molar-refractivity contribution is 0.0348. The second kappa shape index (κ2) is 12.4. The van der Waals surface area contributed by atoms with E-state index < -0.39 is 6.09 Å². The number of nitrogens with zero attached hydrogens (tertiary/aromatic N) is 4. The number of carbonyl (C=O) groups is 2. The van der Waals surface area contributed by atoms with Crippen molar-refractivity contribution in [2.24, 2.45) is 5.10 Å². The molecule has 0 aromatic heterocycles. The second-order valence-electron chi connectivity index (χ2n) is 8.12. The Hall–Kier alpha value is -3.39. The van der Waals surface area contributed by atoms with Crippen molar-refractivity contribution in [1.29, 1.82) is 5.26 Å². The summed E-state index contributed by atoms with van der Waals surface area (Å²) in [6.07, 6.45) is 0.261. The van der Waals surface area contributed by atoms with Gasteiger partial charge in [-0.05, 0) is 41.8 Å². The Labute approximate surface area is 208 Å². The highest BCUT2D eigenvalue weighted by atomic mass is 32.2. The highest BCUT2D eigenvalue weighted by molar-refractivity contribution is 8.14. The topological polar surface area (TPSA) is 107 Å². The van der Waals surface area contributed by atoms with Crippen molar-refractivity contribution in [3.8, 4) is 6.07 Å². The Bertz CT molecular complexity index is 1110. The Morgan fingerprint density at radius 3 is 2.77 bits per heavy atom. The molecule has 35 heavy (non-hydrogen) atoms. The van der Waals surface area contributed by atoms with Gasteiger partial charge in [-0.2, -0.15) is 10.4 Å². The number of rotatable bonds is 8. The van der Waals surface area contributed by atoms with E-state index in [-0.39, 0.29) is 11.8 Å². The average Bonchev–Trinajstić information content (AvgIpc) is 2.89. The van der Waals surface area contributed by atoms with E-state index in [4.69, 9.17) is 14.7 Å². The lowest BCUT2D eigenvalue weighted by Crippen LogP contribution is -2.37. The predicted molar refractivity (Wildman–Crippen MR) is 134 cm³/mol. The van der Waals surface area contributed by atoms with Crippen molar-refractivity contribution < 1.29 is 19.1 Å². The molecule has 1 saturated heterocycles. The first-order valence-corrected chi connectivity index (χ1v) is 12.4. The van der Waals surface area contributed by atoms with Gasteiger partial charge in [-0.1, -0.05) is 36.0 Å². The zero-order valence-corrected chi connectivity index (χ0v) is 20.1. The summed E-state index contributed by atoms with van der Waals surface area (Å²) in [4.78, 5) is 26.9. The van der Waals surface area contributed by atoms with Gasteiger partial charge in [-0.3, -0.25) is 15.0 Å². The van der Waals surface area contributed by atoms with Crippen LogP contribution in [0.15, 0.2) is 53.6 Å². The van der Waals surface area contributed by atoms with E-state index in [1.807, 2.05) is 24.3 Å². The second-order valence-corrected chi connectivity index (χ2v) is 9.04. The van der Waals surface area contributed by atoms with Gasteiger partial charge in [-0.15, -0.1) is 0 Å². The van der Waals surface area contributed by atoms with Crippen molar-refractivity contribution in [2.75, 3.05) is 50.5 Å². The number of hydrogen-bond acceptors (Lipinski definition) is 8. The minimum absolute atomic E-state index is 0.138. The van der Waals surface area contributed by atoms with Crippen molar-refractivity contribution >= 4 is 34.5 Å². The maximum atomic E-state index is 12.4. The first kappa shape index (κ1) is 24.7. The molecule has 0 bridgehead atoms. The quantitative estimate of drug-likeness (QED) is 0.556. The number of hydrazone groups is 1. The fraction of sp³-hybridized carbons (Fsp3) is 0.360. The molecule has 0 radical (unpaired) electrons. The van der Waals surface area contributed by atoms with Crippen molar-refractivity contribution in [1.82, 2.24) is 9.91 Å². The Balaban J connectivity index is 1.30. The summed E-state index contributed by atoms with van der Waals surface area (Å²) in [5.41, 5.74) is 3.64. The van der Waals surface area contributed by atoms with Gasteiger partial charge in [-0.25, -0.2) is 9.80 Å². The number of ether oxygens (including phenoxy) is 2. The molecule has 10 heteroatoms. The van der Waals surface area contributed by atoms with Gasteiger partial charge < -0.3 is 9.47 Å². The minimum atomic E-state index is -0.505. The molecule has 2 aromatic carbocycles. The van der Waals surface area contributed by atoms with Crippen LogP contribution in [-0.2, 0) is 16.0 Å². The number of nitrogens with one attached hydrogen (secondary N) is 1. The third-order valence-corrected chi connectivity index (χ3v) is 6.47. The molecule has 0 unspecified atom stereocenters. The molecule has 4 rings (SSSR count). The predicted octanol–water partition coefficient (Wildman–Crippen LogP) is 3.90. The van der Waals surface area contributed by atoms with Gasteiger partial charge in [0.05, 0.1) is 43.7 Å².